The number of nitrogens with zero attached hydrogens (tertiary/aromatic N) is 2. The van der Waals surface area contributed by atoms with Crippen molar-refractivity contribution in [1.82, 2.24) is 4.98 Å². The van der Waals surface area contributed by atoms with Gasteiger partial charge in [0.15, 0.2) is 0 Å². The van der Waals surface area contributed by atoms with E-state index >= 15 is 0 Å². The van der Waals surface area contributed by atoms with Gasteiger partial charge in [-0.05, 0) is 6.07 Å². The number of nitrogens with two attached hydrogens (primary N) is 1. The van der Waals surface area contributed by atoms with Crippen LogP contribution in [0.3, 0.4) is 0 Å². The molecule has 0 fully saturated rings. The first-order chi connectivity index (χ1) is 5.75. The molecule has 0 aliphatic rings. The molecule has 2 N–H and O–H groups in total. The lowest BCUT2D eigenvalue weighted by Gasteiger charge is -2.07. The van der Waals surface area contributed by atoms with Crippen molar-refractivity contribution >= 4 is 11.6 Å². The molecule has 0 bridgehead atoms. The van der Waals surface area contributed by atoms with Crippen molar-refractivity contribution in [2.45, 2.75) is 12.5 Å². The largest absolute Gasteiger partial charge is 0.323 e. The third-order valence-corrected chi connectivity index (χ3v) is 1.81. The lowest BCUT2D eigenvalue weighted by atomic mass is 10.1. The second kappa shape index (κ2) is 4.05. The summed E-state index contributed by atoms with van der Waals surface area (Å²) in [6, 6.07) is 5.17. The van der Waals surface area contributed by atoms with E-state index in [9.17, 15) is 0 Å². The van der Waals surface area contributed by atoms with Crippen LogP contribution < -0.4 is 5.73 Å². The molecule has 0 saturated heterocycles. The van der Waals surface area contributed by atoms with Crippen molar-refractivity contribution in [2.24, 2.45) is 5.73 Å². The summed E-state index contributed by atoms with van der Waals surface area (Å²) in [7, 11) is 0. The van der Waals surface area contributed by atoms with Crippen molar-refractivity contribution in [2.75, 3.05) is 0 Å². The van der Waals surface area contributed by atoms with Crippen LogP contribution in [0.4, 0.5) is 0 Å². The third-order valence-electron chi connectivity index (χ3n) is 1.50. The van der Waals surface area contributed by atoms with Gasteiger partial charge in [-0.1, -0.05) is 17.7 Å². The summed E-state index contributed by atoms with van der Waals surface area (Å²) in [5.41, 5.74) is 6.38. The first kappa shape index (κ1) is 8.98. The minimum Gasteiger partial charge on any atom is -0.323 e. The summed E-state index contributed by atoms with van der Waals surface area (Å²) < 4.78 is 0. The molecule has 1 rings (SSSR count). The van der Waals surface area contributed by atoms with Gasteiger partial charge in [-0.15, -0.1) is 0 Å². The fourth-order valence-electron chi connectivity index (χ4n) is 0.883. The summed E-state index contributed by atoms with van der Waals surface area (Å²) >= 11 is 5.75. The molecule has 1 atom stereocenters. The minimum absolute atomic E-state index is 0.255. The molecule has 0 spiro atoms. The highest BCUT2D eigenvalue weighted by molar-refractivity contribution is 6.30. The van der Waals surface area contributed by atoms with Crippen LogP contribution in [0.1, 0.15) is 18.0 Å². The maximum Gasteiger partial charge on any atom is 0.133 e. The minimum atomic E-state index is -0.337. The molecule has 0 radical (unpaired) electrons. The smallest absolute Gasteiger partial charge is 0.133 e. The van der Waals surface area contributed by atoms with Crippen LogP contribution in [0.5, 0.6) is 0 Å². The zero-order valence-corrected chi connectivity index (χ0v) is 7.12. The molecule has 4 heteroatoms. The van der Waals surface area contributed by atoms with Crippen LogP contribution >= 0.6 is 11.6 Å². The Balaban J connectivity index is 2.88. The molecule has 0 saturated carbocycles. The van der Waals surface area contributed by atoms with E-state index in [-0.39, 0.29) is 12.5 Å². The molecule has 1 aromatic heterocycles. The Labute approximate surface area is 75.8 Å². The van der Waals surface area contributed by atoms with E-state index in [1.807, 2.05) is 6.07 Å². The van der Waals surface area contributed by atoms with Gasteiger partial charge in [0, 0.05) is 17.8 Å². The van der Waals surface area contributed by atoms with Crippen LogP contribution in [0.2, 0.25) is 5.15 Å². The van der Waals surface area contributed by atoms with Gasteiger partial charge in [-0.3, -0.25) is 0 Å². The quantitative estimate of drug-likeness (QED) is 0.706. The molecule has 12 heavy (non-hydrogen) atoms. The zero-order chi connectivity index (χ0) is 8.97. The number of hydrogen-bond donors (Lipinski definition) is 1. The Kier molecular flexibility index (Phi) is 3.03. The molecular weight excluding hydrogens is 174 g/mol. The predicted molar refractivity (Wildman–Crippen MR) is 46.4 cm³/mol. The first-order valence-corrected chi connectivity index (χ1v) is 3.86. The Morgan fingerprint density at radius 2 is 2.50 bits per heavy atom. The van der Waals surface area contributed by atoms with Crippen LogP contribution in [-0.4, -0.2) is 4.98 Å². The van der Waals surface area contributed by atoms with Crippen LogP contribution in [-0.2, 0) is 0 Å². The highest BCUT2D eigenvalue weighted by atomic mass is 35.5. The van der Waals surface area contributed by atoms with Gasteiger partial charge in [-0.2, -0.15) is 5.26 Å². The fourth-order valence-corrected chi connectivity index (χ4v) is 1.14. The van der Waals surface area contributed by atoms with Crippen LogP contribution in [0, 0.1) is 11.3 Å². The van der Waals surface area contributed by atoms with Crippen molar-refractivity contribution in [3.63, 3.8) is 0 Å². The summed E-state index contributed by atoms with van der Waals surface area (Å²) in [4.78, 5) is 3.86. The van der Waals surface area contributed by atoms with E-state index in [2.05, 4.69) is 4.98 Å². The number of aromatic nitrogens is 1. The number of nitriles is 1. The lowest BCUT2D eigenvalue weighted by molar-refractivity contribution is 0.744. The molecule has 0 amide bonds. The molecule has 0 aromatic carbocycles. The second-order valence-electron chi connectivity index (χ2n) is 2.35. The van der Waals surface area contributed by atoms with Gasteiger partial charge in [-0.25, -0.2) is 4.98 Å². The van der Waals surface area contributed by atoms with E-state index in [0.717, 1.165) is 5.56 Å². The van der Waals surface area contributed by atoms with Gasteiger partial charge in [0.1, 0.15) is 5.15 Å². The molecule has 0 aliphatic carbocycles. The summed E-state index contributed by atoms with van der Waals surface area (Å²) in [6.45, 7) is 0. The summed E-state index contributed by atoms with van der Waals surface area (Å²) in [5.74, 6) is 0. The zero-order valence-electron chi connectivity index (χ0n) is 6.37. The van der Waals surface area contributed by atoms with Gasteiger partial charge < -0.3 is 5.73 Å². The average molecular weight is 182 g/mol. The first-order valence-electron chi connectivity index (χ1n) is 3.48. The van der Waals surface area contributed by atoms with E-state index in [4.69, 9.17) is 22.6 Å². The Hall–Kier alpha value is -1.11. The Bertz CT molecular complexity index is 305. The van der Waals surface area contributed by atoms with Crippen molar-refractivity contribution in [3.8, 4) is 6.07 Å². The van der Waals surface area contributed by atoms with E-state index in [1.165, 1.54) is 0 Å². The maximum atomic E-state index is 8.40. The Morgan fingerprint density at radius 1 is 1.75 bits per heavy atom. The normalized spacial score (nSPS) is 12.1. The highest BCUT2D eigenvalue weighted by Crippen LogP contribution is 2.20. The van der Waals surface area contributed by atoms with Gasteiger partial charge in [0.2, 0.25) is 0 Å². The molecule has 3 nitrogen and oxygen atoms in total. The summed E-state index contributed by atoms with van der Waals surface area (Å²) in [6.07, 6.45) is 1.84. The number of hydrogen-bond acceptors (Lipinski definition) is 3. The number of rotatable bonds is 2. The van der Waals surface area contributed by atoms with E-state index < -0.39 is 0 Å². The molecule has 1 aromatic rings. The predicted octanol–water partition coefficient (Wildman–Crippen LogP) is 1.65. The van der Waals surface area contributed by atoms with Gasteiger partial charge in [0.05, 0.1) is 12.5 Å². The Morgan fingerprint density at radius 3 is 3.08 bits per heavy atom. The fraction of sp³-hybridized carbons (Fsp3) is 0.250. The third kappa shape index (κ3) is 1.94. The standard InChI is InChI=1S/C8H8ClN3/c9-8-6(2-1-5-12-8)7(11)3-4-10/h1-2,5,7H,3,11H2/t7-/m1/s1. The summed E-state index contributed by atoms with van der Waals surface area (Å²) in [5, 5.41) is 8.77. The topological polar surface area (TPSA) is 62.7 Å². The molecule has 0 aliphatic heterocycles. The van der Waals surface area contributed by atoms with Gasteiger partial charge >= 0.3 is 0 Å². The molecule has 62 valence electrons. The van der Waals surface area contributed by atoms with Crippen LogP contribution in [0.25, 0.3) is 0 Å². The SMILES string of the molecule is N#CC[C@@H](N)c1cccnc1Cl. The number of halogens is 1. The highest BCUT2D eigenvalue weighted by Gasteiger charge is 2.08. The van der Waals surface area contributed by atoms with Crippen LogP contribution in [0.15, 0.2) is 18.3 Å². The van der Waals surface area contributed by atoms with E-state index in [0.29, 0.717) is 5.15 Å². The molecular formula is C8H8ClN3. The lowest BCUT2D eigenvalue weighted by Crippen LogP contribution is -2.10. The van der Waals surface area contributed by atoms with Crippen molar-refractivity contribution in [1.29, 1.82) is 5.26 Å². The van der Waals surface area contributed by atoms with E-state index in [1.54, 1.807) is 18.3 Å². The van der Waals surface area contributed by atoms with Gasteiger partial charge in [0.25, 0.3) is 0 Å². The molecule has 0 unspecified atom stereocenters. The van der Waals surface area contributed by atoms with Crippen molar-refractivity contribution < 1.29 is 0 Å². The maximum absolute atomic E-state index is 8.40. The van der Waals surface area contributed by atoms with Crippen molar-refractivity contribution in [3.05, 3.63) is 29.0 Å². The second-order valence-corrected chi connectivity index (χ2v) is 2.71. The monoisotopic (exact) mass is 181 g/mol. The molecule has 1 heterocycles. The average Bonchev–Trinajstić information content (AvgIpc) is 2.05. The number of pyridine rings is 1.